The number of aromatic carboxylic acids is 1. The molecule has 29 heavy (non-hydrogen) atoms. The second kappa shape index (κ2) is 7.78. The Balaban J connectivity index is 2.03. The molecule has 2 aliphatic heterocycles. The third kappa shape index (κ3) is 4.91. The van der Waals surface area contributed by atoms with Gasteiger partial charge in [0.05, 0.1) is 39.6 Å². The van der Waals surface area contributed by atoms with Gasteiger partial charge in [0.15, 0.2) is 19.7 Å². The first-order valence-electron chi connectivity index (χ1n) is 8.55. The largest absolute Gasteiger partial charge is 0.478 e. The van der Waals surface area contributed by atoms with Crippen molar-refractivity contribution in [3.8, 4) is 0 Å². The van der Waals surface area contributed by atoms with Crippen LogP contribution in [-0.4, -0.2) is 75.8 Å². The van der Waals surface area contributed by atoms with Gasteiger partial charge in [-0.05, 0) is 31.0 Å². The summed E-state index contributed by atoms with van der Waals surface area (Å²) in [5.74, 6) is -2.41. The first kappa shape index (κ1) is 22.4. The average molecular weight is 487 g/mol. The van der Waals surface area contributed by atoms with Gasteiger partial charge < -0.3 is 5.11 Å². The van der Waals surface area contributed by atoms with E-state index in [1.54, 1.807) is 0 Å². The van der Waals surface area contributed by atoms with Gasteiger partial charge in [0.25, 0.3) is 10.0 Å². The van der Waals surface area contributed by atoms with Crippen molar-refractivity contribution in [2.24, 2.45) is 0 Å². The zero-order valence-corrected chi connectivity index (χ0v) is 18.2. The van der Waals surface area contributed by atoms with Crippen LogP contribution in [0.25, 0.3) is 0 Å². The number of rotatable bonds is 6. The molecule has 10 nitrogen and oxygen atoms in total. The molecule has 2 N–H and O–H groups in total. The minimum absolute atomic E-state index is 0.0181. The van der Waals surface area contributed by atoms with E-state index in [0.717, 1.165) is 22.6 Å². The standard InChI is InChI=1S/C15H19ClN2O8S3/c16-13-2-1-10(15(19)20)7-14(13)29(25,26)18(12-4-6-28(23,24)9-12)17-11-3-5-27(21,22)8-11/h1-2,7,11-12,17H,3-6,8-9H2,(H,19,20)/t11-,12+/m1/s1. The highest BCUT2D eigenvalue weighted by atomic mass is 35.5. The minimum Gasteiger partial charge on any atom is -0.478 e. The molecule has 162 valence electrons. The summed E-state index contributed by atoms with van der Waals surface area (Å²) in [6.07, 6.45) is 0.182. The Morgan fingerprint density at radius 3 is 2.24 bits per heavy atom. The Kier molecular flexibility index (Phi) is 6.02. The fraction of sp³-hybridized carbons (Fsp3) is 0.533. The highest BCUT2D eigenvalue weighted by Gasteiger charge is 2.42. The molecule has 0 unspecified atom stereocenters. The summed E-state index contributed by atoms with van der Waals surface area (Å²) in [7, 11) is -11.3. The summed E-state index contributed by atoms with van der Waals surface area (Å²) < 4.78 is 74.7. The Labute approximate surface area is 173 Å². The number of nitrogens with one attached hydrogen (secondary N) is 1. The van der Waals surface area contributed by atoms with Crippen molar-refractivity contribution in [2.45, 2.75) is 29.8 Å². The number of sulfone groups is 2. The molecule has 0 bridgehead atoms. The fourth-order valence-corrected chi connectivity index (χ4v) is 8.88. The van der Waals surface area contributed by atoms with Gasteiger partial charge in [-0.15, -0.1) is 4.41 Å². The van der Waals surface area contributed by atoms with E-state index in [0.29, 0.717) is 0 Å². The normalized spacial score (nSPS) is 26.0. The van der Waals surface area contributed by atoms with Crippen LogP contribution in [0.15, 0.2) is 23.1 Å². The molecule has 1 aromatic rings. The van der Waals surface area contributed by atoms with Gasteiger partial charge in [0.2, 0.25) is 0 Å². The number of hydrogen-bond acceptors (Lipinski definition) is 8. The molecule has 2 saturated heterocycles. The van der Waals surface area contributed by atoms with Gasteiger partial charge in [-0.2, -0.15) is 0 Å². The monoisotopic (exact) mass is 486 g/mol. The minimum atomic E-state index is -4.48. The van der Waals surface area contributed by atoms with Gasteiger partial charge in [-0.25, -0.2) is 35.5 Å². The number of nitrogens with zero attached hydrogens (tertiary/aromatic N) is 1. The van der Waals surface area contributed by atoms with Crippen molar-refractivity contribution in [1.82, 2.24) is 9.84 Å². The number of carboxylic acid groups (broad SMARTS) is 1. The predicted molar refractivity (Wildman–Crippen MR) is 105 cm³/mol. The molecule has 2 fully saturated rings. The zero-order valence-electron chi connectivity index (χ0n) is 15.0. The zero-order chi connectivity index (χ0) is 21.6. The summed E-state index contributed by atoms with van der Waals surface area (Å²) in [5.41, 5.74) is 2.35. The molecule has 3 rings (SSSR count). The van der Waals surface area contributed by atoms with E-state index in [1.807, 2.05) is 0 Å². The highest BCUT2D eigenvalue weighted by Crippen LogP contribution is 2.30. The van der Waals surface area contributed by atoms with Crippen LogP contribution in [0, 0.1) is 0 Å². The Hall–Kier alpha value is -1.25. The number of sulfonamides is 1. The molecular weight excluding hydrogens is 468 g/mol. The SMILES string of the molecule is O=C(O)c1ccc(Cl)c(S(=O)(=O)N(N[C@@H]2CCS(=O)(=O)C2)[C@H]2CCS(=O)(=O)C2)c1. The van der Waals surface area contributed by atoms with Gasteiger partial charge in [-0.3, -0.25) is 0 Å². The quantitative estimate of drug-likeness (QED) is 0.524. The Morgan fingerprint density at radius 1 is 1.10 bits per heavy atom. The number of carboxylic acids is 1. The Morgan fingerprint density at radius 2 is 1.72 bits per heavy atom. The Bertz CT molecular complexity index is 1150. The maximum atomic E-state index is 13.3. The van der Waals surface area contributed by atoms with Crippen LogP contribution in [0.4, 0.5) is 0 Å². The summed E-state index contributed by atoms with van der Waals surface area (Å²) in [5, 5.41) is 8.92. The number of hydrogen-bond donors (Lipinski definition) is 2. The molecule has 0 radical (unpaired) electrons. The maximum Gasteiger partial charge on any atom is 0.335 e. The van der Waals surface area contributed by atoms with E-state index in [-0.39, 0.29) is 40.7 Å². The van der Waals surface area contributed by atoms with Crippen LogP contribution in [0.3, 0.4) is 0 Å². The van der Waals surface area contributed by atoms with E-state index in [4.69, 9.17) is 16.7 Å². The van der Waals surface area contributed by atoms with Crippen molar-refractivity contribution in [3.05, 3.63) is 28.8 Å². The van der Waals surface area contributed by atoms with Crippen LogP contribution < -0.4 is 5.43 Å². The topological polar surface area (TPSA) is 155 Å². The molecule has 2 aliphatic rings. The van der Waals surface area contributed by atoms with Gasteiger partial charge in [-0.1, -0.05) is 11.6 Å². The average Bonchev–Trinajstić information content (AvgIpc) is 3.13. The lowest BCUT2D eigenvalue weighted by molar-refractivity contribution is 0.0696. The number of halogens is 1. The van der Waals surface area contributed by atoms with Crippen molar-refractivity contribution in [1.29, 1.82) is 0 Å². The van der Waals surface area contributed by atoms with Crippen molar-refractivity contribution in [3.63, 3.8) is 0 Å². The molecule has 2 heterocycles. The molecule has 0 aromatic heterocycles. The van der Waals surface area contributed by atoms with Crippen molar-refractivity contribution < 1.29 is 35.2 Å². The second-order valence-corrected chi connectivity index (χ2v) is 13.7. The molecular formula is C15H19ClN2O8S3. The molecule has 2 atom stereocenters. The second-order valence-electron chi connectivity index (χ2n) is 7.04. The first-order valence-corrected chi connectivity index (χ1v) is 14.0. The van der Waals surface area contributed by atoms with E-state index >= 15 is 0 Å². The lowest BCUT2D eigenvalue weighted by Gasteiger charge is -2.30. The fourth-order valence-electron chi connectivity index (χ4n) is 3.35. The molecule has 0 amide bonds. The number of carbonyl (C=O) groups is 1. The van der Waals surface area contributed by atoms with Crippen LogP contribution in [0.2, 0.25) is 5.02 Å². The number of hydrazine groups is 1. The van der Waals surface area contributed by atoms with E-state index in [2.05, 4.69) is 5.43 Å². The van der Waals surface area contributed by atoms with E-state index in [1.165, 1.54) is 0 Å². The summed E-state index contributed by atoms with van der Waals surface area (Å²) in [4.78, 5) is 10.7. The lowest BCUT2D eigenvalue weighted by atomic mass is 10.2. The van der Waals surface area contributed by atoms with Gasteiger partial charge >= 0.3 is 5.97 Å². The molecule has 0 spiro atoms. The molecule has 0 saturated carbocycles. The summed E-state index contributed by atoms with van der Waals surface area (Å²) >= 11 is 6.01. The van der Waals surface area contributed by atoms with Gasteiger partial charge in [0, 0.05) is 6.04 Å². The maximum absolute atomic E-state index is 13.3. The molecule has 0 aliphatic carbocycles. The first-order chi connectivity index (χ1) is 13.3. The molecule has 1 aromatic carbocycles. The van der Waals surface area contributed by atoms with Crippen molar-refractivity contribution >= 4 is 47.3 Å². The lowest BCUT2D eigenvalue weighted by Crippen LogP contribution is -2.54. The molecule has 14 heteroatoms. The van der Waals surface area contributed by atoms with Crippen LogP contribution in [-0.2, 0) is 29.7 Å². The predicted octanol–water partition coefficient (Wildman–Crippen LogP) is -0.0923. The number of benzene rings is 1. The van der Waals surface area contributed by atoms with Gasteiger partial charge in [0.1, 0.15) is 4.90 Å². The van der Waals surface area contributed by atoms with Crippen LogP contribution >= 0.6 is 11.6 Å². The van der Waals surface area contributed by atoms with Crippen molar-refractivity contribution in [2.75, 3.05) is 23.0 Å². The van der Waals surface area contributed by atoms with E-state index < -0.39 is 58.4 Å². The summed E-state index contributed by atoms with van der Waals surface area (Å²) in [6.45, 7) is 0. The summed E-state index contributed by atoms with van der Waals surface area (Å²) in [6, 6.07) is 1.47. The third-order valence-corrected chi connectivity index (χ3v) is 10.6. The van der Waals surface area contributed by atoms with Crippen LogP contribution in [0.1, 0.15) is 23.2 Å². The van der Waals surface area contributed by atoms with E-state index in [9.17, 15) is 30.0 Å². The third-order valence-electron chi connectivity index (χ3n) is 4.80. The smallest absolute Gasteiger partial charge is 0.335 e. The highest BCUT2D eigenvalue weighted by molar-refractivity contribution is 7.92. The van der Waals surface area contributed by atoms with Crippen LogP contribution in [0.5, 0.6) is 0 Å².